The first-order chi connectivity index (χ1) is 67.7. The highest BCUT2D eigenvalue weighted by Gasteiger charge is 2.21. The van der Waals surface area contributed by atoms with Crippen LogP contribution in [0.15, 0.2) is 244 Å². The van der Waals surface area contributed by atoms with Crippen LogP contribution in [0.2, 0.25) is 0 Å². The minimum Gasteiger partial charge on any atom is -0.492 e. The molecule has 12 aromatic heterocycles. The molecule has 0 radical (unpaired) electrons. The smallest absolute Gasteiger partial charge is 0.165 e. The van der Waals surface area contributed by atoms with E-state index in [0.29, 0.717) is 48.9 Å². The Balaban J connectivity index is 0.000000105. The van der Waals surface area contributed by atoms with E-state index in [1.165, 1.54) is 12.1 Å². The fraction of sp³-hybridized carbons (Fsp3) is 0.273. The molecule has 0 saturated heterocycles. The molecule has 0 fully saturated rings. The van der Waals surface area contributed by atoms with Crippen LogP contribution < -0.4 is 94.0 Å². The van der Waals surface area contributed by atoms with Crippen LogP contribution in [0, 0.1) is 11.6 Å². The van der Waals surface area contributed by atoms with Crippen LogP contribution >= 0.6 is 0 Å². The van der Waals surface area contributed by atoms with Gasteiger partial charge in [-0.1, -0.05) is 54.6 Å². The van der Waals surface area contributed by atoms with Gasteiger partial charge in [-0.25, -0.2) is 65.8 Å². The molecule has 0 unspecified atom stereocenters. The van der Waals surface area contributed by atoms with Crippen molar-refractivity contribution in [1.82, 2.24) is 119 Å². The zero-order chi connectivity index (χ0) is 92.5. The van der Waals surface area contributed by atoms with Crippen molar-refractivity contribution in [2.45, 2.75) is 19.3 Å². The average Bonchev–Trinajstić information content (AvgIpc) is 1.73. The number of anilines is 9. The molecule has 18 aromatic rings. The van der Waals surface area contributed by atoms with Gasteiger partial charge in [0.15, 0.2) is 45.4 Å². The van der Waals surface area contributed by atoms with Crippen LogP contribution in [0.5, 0.6) is 17.2 Å². The van der Waals surface area contributed by atoms with Gasteiger partial charge < -0.3 is 94.0 Å². The first kappa shape index (κ1) is 90.4. The van der Waals surface area contributed by atoms with Crippen molar-refractivity contribution < 1.29 is 23.0 Å². The third kappa shape index (κ3) is 23.2. The number of halogens is 2. The molecule has 24 bridgehead atoms. The van der Waals surface area contributed by atoms with E-state index in [0.717, 1.165) is 292 Å². The number of ether oxygens (including phenoxy) is 3. The van der Waals surface area contributed by atoms with Gasteiger partial charge in [-0.05, 0) is 182 Å². The zero-order valence-corrected chi connectivity index (χ0v) is 75.7. The summed E-state index contributed by atoms with van der Waals surface area (Å²) in [5, 5.41) is 76.7. The molecule has 18 heterocycles. The Morgan fingerprint density at radius 3 is 0.920 bits per heavy atom. The van der Waals surface area contributed by atoms with Gasteiger partial charge >= 0.3 is 0 Å². The predicted molar refractivity (Wildman–Crippen MR) is 534 cm³/mol. The molecular weight excluding hydrogens is 1740 g/mol. The molecule has 0 saturated carbocycles. The zero-order valence-electron chi connectivity index (χ0n) is 75.7. The van der Waals surface area contributed by atoms with E-state index in [1.807, 2.05) is 130 Å². The van der Waals surface area contributed by atoms with Crippen LogP contribution in [0.3, 0.4) is 0 Å². The molecule has 38 heteroatoms. The van der Waals surface area contributed by atoms with Crippen molar-refractivity contribution in [1.29, 1.82) is 0 Å². The van der Waals surface area contributed by atoms with Crippen molar-refractivity contribution in [3.63, 3.8) is 0 Å². The number of nitrogens with zero attached hydrogens (tertiary/aromatic N) is 18. The minimum atomic E-state index is -0.368. The second-order valence-corrected chi connectivity index (χ2v) is 32.8. The second kappa shape index (κ2) is 44.9. The average molecular weight is 1850 g/mol. The highest BCUT2D eigenvalue weighted by Crippen LogP contribution is 2.36. The molecule has 6 aliphatic heterocycles. The van der Waals surface area contributed by atoms with Crippen molar-refractivity contribution >= 4 is 85.9 Å². The van der Waals surface area contributed by atoms with Gasteiger partial charge in [0.05, 0.1) is 37.2 Å². The van der Waals surface area contributed by atoms with Gasteiger partial charge in [0, 0.05) is 211 Å². The summed E-state index contributed by atoms with van der Waals surface area (Å²) in [6.07, 6.45) is 25.5. The number of aromatic nitrogens is 18. The summed E-state index contributed by atoms with van der Waals surface area (Å²) in [4.78, 5) is 28.0. The van der Waals surface area contributed by atoms with Gasteiger partial charge in [-0.15, -0.1) is 0 Å². The van der Waals surface area contributed by atoms with Crippen molar-refractivity contribution in [2.75, 3.05) is 205 Å². The number of benzene rings is 6. The Kier molecular flexibility index (Phi) is 29.6. The topological polar surface area (TPSA) is 389 Å². The summed E-state index contributed by atoms with van der Waals surface area (Å²) in [5.41, 5.74) is 19.5. The standard InChI is InChI=1S/2C17H20N6.C17H19N5O.2C16H16FN5O.C16H18N6/c1-3-13-11-14(4-1)19-9-8-18-6-2-7-20-16-5-10-23-17(22-16)15(13)12-21-23;1-3-13-11-14(4-1)19-7-2-6-18-8-9-20-16-5-10-23-17(22-16)15(13)12-21-23;1-3-13-11-14(4-1)23-10-8-18-6-2-7-19-16-5-9-22-17(21-16)15(13)12-20-22;17-13-2-1-11-9-14(13)23-8-6-18-4-5-19-15-3-7-22-16(21-15)12(11)10-20-22;17-14-2-1-11-9-12(14)13-10-20-22-7-3-15(21-16(13)22)19-5-4-18-6-8-23-11;1-2-12-10-13(3-1)18-7-5-17-6-8-19-15-4-9-22-16(21-15)14(12)11-20-22/h2*1,3-5,10-12,18-19H,2,6-9H2,(H,20,22);1,3-5,9,11-12,18H,2,6-8,10H2,(H,19,21);2*1-3,7,9-10,18H,4-6,8H2,(H,19,21);1-4,9-11,17-18H,5-8H2,(H,19,21). The lowest BCUT2D eigenvalue weighted by Gasteiger charge is -2.12. The highest BCUT2D eigenvalue weighted by atomic mass is 19.1. The van der Waals surface area contributed by atoms with Gasteiger partial charge in [0.1, 0.15) is 72.0 Å². The molecule has 137 heavy (non-hydrogen) atoms. The van der Waals surface area contributed by atoms with Crippen molar-refractivity contribution in [2.24, 2.45) is 0 Å². The largest absolute Gasteiger partial charge is 0.492 e. The fourth-order valence-electron chi connectivity index (χ4n) is 16.2. The third-order valence-corrected chi connectivity index (χ3v) is 23.2. The minimum absolute atomic E-state index is 0.245. The summed E-state index contributed by atoms with van der Waals surface area (Å²) in [5.74, 6) is 6.11. The molecular formula is C99H109F2N33O3. The van der Waals surface area contributed by atoms with E-state index in [1.54, 1.807) is 50.2 Å². The maximum Gasteiger partial charge on any atom is 0.165 e. The van der Waals surface area contributed by atoms with Gasteiger partial charge in [0.25, 0.3) is 0 Å². The number of hydrogen-bond acceptors (Lipinski definition) is 30. The lowest BCUT2D eigenvalue weighted by molar-refractivity contribution is 0.300. The molecule has 24 rings (SSSR count). The Labute approximate surface area is 788 Å². The van der Waals surface area contributed by atoms with E-state index in [-0.39, 0.29) is 17.4 Å². The van der Waals surface area contributed by atoms with Crippen molar-refractivity contribution in [3.8, 4) is 84.0 Å². The van der Waals surface area contributed by atoms with Crippen molar-refractivity contribution in [3.05, 3.63) is 256 Å². The fourth-order valence-corrected chi connectivity index (χ4v) is 16.2. The normalized spacial score (nSPS) is 15.3. The molecule has 0 aliphatic carbocycles. The number of nitrogens with one attached hydrogen (secondary N) is 15. The lowest BCUT2D eigenvalue weighted by Crippen LogP contribution is -2.27. The summed E-state index contributed by atoms with van der Waals surface area (Å²) in [6.45, 7) is 19.8. The second-order valence-electron chi connectivity index (χ2n) is 32.8. The Hall–Kier alpha value is -15.7. The van der Waals surface area contributed by atoms with Gasteiger partial charge in [0.2, 0.25) is 0 Å². The number of rotatable bonds is 0. The van der Waals surface area contributed by atoms with Crippen LogP contribution in [-0.4, -0.2) is 245 Å². The summed E-state index contributed by atoms with van der Waals surface area (Å²) in [6, 6.07) is 54.4. The number of fused-ring (bicyclic) bond motifs is 24. The maximum atomic E-state index is 14.3. The monoisotopic (exact) mass is 1850 g/mol. The molecule has 6 aliphatic rings. The van der Waals surface area contributed by atoms with Crippen LogP contribution in [0.4, 0.5) is 60.8 Å². The Morgan fingerprint density at radius 2 is 0.518 bits per heavy atom. The first-order valence-electron chi connectivity index (χ1n) is 46.6. The highest BCUT2D eigenvalue weighted by molar-refractivity contribution is 5.85. The molecule has 0 amide bonds. The van der Waals surface area contributed by atoms with Gasteiger partial charge in [-0.3, -0.25) is 0 Å². The molecule has 36 nitrogen and oxygen atoms in total. The third-order valence-electron chi connectivity index (χ3n) is 23.2. The van der Waals surface area contributed by atoms with E-state index < -0.39 is 0 Å². The maximum absolute atomic E-state index is 14.3. The quantitative estimate of drug-likeness (QED) is 0.0670. The summed E-state index contributed by atoms with van der Waals surface area (Å²) >= 11 is 0. The molecule has 0 atom stereocenters. The molecule has 0 spiro atoms. The van der Waals surface area contributed by atoms with Gasteiger partial charge in [-0.2, -0.15) is 30.6 Å². The SMILES string of the molecule is Fc1ccc2cc1-c1cnn3ccc(nc13)NCCNCCO2.Fc1ccc2cc1OCCNCCNc1ccn3ncc-2c3n1.c1cc2cc(c1)-c1cnn3ccc(nc13)NCCCNCCN2.c1cc2cc(c1)-c1cnn3ccc(nc13)NCCCNCCO2.c1cc2cc(c1)-c1cnn3ccc(nc13)NCCNCCCN2.c1cc2cc(c1)-c1cnn3ccc(nc13)NCCNCCN2. The number of hydrogen-bond donors (Lipinski definition) is 15. The molecule has 6 aromatic carbocycles. The van der Waals surface area contributed by atoms with E-state index in [2.05, 4.69) is 199 Å². The summed E-state index contributed by atoms with van der Waals surface area (Å²) < 4.78 is 55.8. The lowest BCUT2D eigenvalue weighted by atomic mass is 10.1. The van der Waals surface area contributed by atoms with Crippen LogP contribution in [0.25, 0.3) is 101 Å². The van der Waals surface area contributed by atoms with Crippen LogP contribution in [0.1, 0.15) is 19.3 Å². The summed E-state index contributed by atoms with van der Waals surface area (Å²) in [7, 11) is 0. The van der Waals surface area contributed by atoms with Crippen LogP contribution in [-0.2, 0) is 0 Å². The van der Waals surface area contributed by atoms with E-state index in [9.17, 15) is 8.78 Å². The Bertz CT molecular complexity index is 6750. The first-order valence-corrected chi connectivity index (χ1v) is 46.6. The van der Waals surface area contributed by atoms with E-state index in [4.69, 9.17) is 34.1 Å². The molecule has 702 valence electrons. The Morgan fingerprint density at radius 1 is 0.226 bits per heavy atom. The molecule has 15 N–H and O–H groups in total. The predicted octanol–water partition coefficient (Wildman–Crippen LogP) is 12.3. The van der Waals surface area contributed by atoms with E-state index >= 15 is 0 Å².